The van der Waals surface area contributed by atoms with Gasteiger partial charge in [-0.05, 0) is 17.7 Å². The van der Waals surface area contributed by atoms with Crippen molar-refractivity contribution in [2.24, 2.45) is 4.99 Å². The van der Waals surface area contributed by atoms with Crippen LogP contribution in [0.4, 0.5) is 4.39 Å². The molecule has 1 aromatic rings. The molecule has 0 amide bonds. The van der Waals surface area contributed by atoms with E-state index in [1.165, 1.54) is 12.1 Å². The smallest absolute Gasteiger partial charge is 0.159 e. The summed E-state index contributed by atoms with van der Waals surface area (Å²) in [7, 11) is 0. The van der Waals surface area contributed by atoms with Crippen LogP contribution in [0, 0.1) is 5.82 Å². The topological polar surface area (TPSA) is 15.6 Å². The van der Waals surface area contributed by atoms with Crippen LogP contribution in [-0.2, 0) is 0 Å². The highest BCUT2D eigenvalue weighted by Crippen LogP contribution is 2.34. The third-order valence-electron chi connectivity index (χ3n) is 2.84. The van der Waals surface area contributed by atoms with Crippen molar-refractivity contribution in [3.63, 3.8) is 0 Å². The van der Waals surface area contributed by atoms with Gasteiger partial charge in [-0.3, -0.25) is 4.99 Å². The summed E-state index contributed by atoms with van der Waals surface area (Å²) in [6, 6.07) is 7.10. The number of rotatable bonds is 1. The summed E-state index contributed by atoms with van der Waals surface area (Å²) in [6.07, 6.45) is 0. The number of halogens is 1. The number of aliphatic imine (C=N–C) groups is 1. The second-order valence-corrected chi connectivity index (χ2v) is 4.79. The molecule has 2 nitrogen and oxygen atoms in total. The van der Waals surface area contributed by atoms with Crippen LogP contribution in [0.2, 0.25) is 0 Å². The highest BCUT2D eigenvalue weighted by Gasteiger charge is 2.32. The lowest BCUT2D eigenvalue weighted by Crippen LogP contribution is -2.25. The maximum absolute atomic E-state index is 12.8. The van der Waals surface area contributed by atoms with Crippen LogP contribution in [0.1, 0.15) is 11.6 Å². The minimum atomic E-state index is -0.173. The Morgan fingerprint density at radius 3 is 2.93 bits per heavy atom. The van der Waals surface area contributed by atoms with E-state index in [-0.39, 0.29) is 5.82 Å². The molecule has 0 aliphatic carbocycles. The van der Waals surface area contributed by atoms with Crippen molar-refractivity contribution in [3.8, 4) is 0 Å². The molecule has 0 saturated carbocycles. The van der Waals surface area contributed by atoms with Gasteiger partial charge in [-0.2, -0.15) is 0 Å². The van der Waals surface area contributed by atoms with E-state index in [4.69, 9.17) is 0 Å². The summed E-state index contributed by atoms with van der Waals surface area (Å²) < 4.78 is 12.8. The first kappa shape index (κ1) is 9.21. The van der Waals surface area contributed by atoms with Gasteiger partial charge >= 0.3 is 0 Å². The van der Waals surface area contributed by atoms with Gasteiger partial charge < -0.3 is 4.90 Å². The Kier molecular flexibility index (Phi) is 2.16. The second-order valence-electron chi connectivity index (χ2n) is 3.73. The lowest BCUT2D eigenvalue weighted by molar-refractivity contribution is 0.381. The molecule has 2 aliphatic rings. The summed E-state index contributed by atoms with van der Waals surface area (Å²) in [5, 5.41) is 1.16. The minimum Gasteiger partial charge on any atom is -0.342 e. The van der Waals surface area contributed by atoms with Gasteiger partial charge in [0.1, 0.15) is 5.82 Å². The maximum atomic E-state index is 12.8. The van der Waals surface area contributed by atoms with Crippen LogP contribution in [0.3, 0.4) is 0 Å². The number of fused-ring (bicyclic) bond motifs is 1. The van der Waals surface area contributed by atoms with Gasteiger partial charge in [0.05, 0.1) is 12.6 Å². The van der Waals surface area contributed by atoms with Crippen molar-refractivity contribution in [1.82, 2.24) is 4.90 Å². The van der Waals surface area contributed by atoms with Crippen molar-refractivity contribution in [2.75, 3.05) is 18.8 Å². The minimum absolute atomic E-state index is 0.173. The quantitative estimate of drug-likeness (QED) is 0.724. The number of thioether (sulfide) groups is 1. The van der Waals surface area contributed by atoms with Crippen molar-refractivity contribution in [1.29, 1.82) is 0 Å². The number of benzene rings is 1. The first-order valence-corrected chi connectivity index (χ1v) is 6.02. The molecule has 1 fully saturated rings. The van der Waals surface area contributed by atoms with E-state index in [2.05, 4.69) is 9.89 Å². The van der Waals surface area contributed by atoms with Crippen LogP contribution in [0.25, 0.3) is 0 Å². The van der Waals surface area contributed by atoms with Gasteiger partial charge in [-0.1, -0.05) is 23.9 Å². The number of nitrogens with zero attached hydrogens (tertiary/aromatic N) is 2. The summed E-state index contributed by atoms with van der Waals surface area (Å²) in [4.78, 5) is 6.81. The molecule has 0 aromatic heterocycles. The Balaban J connectivity index is 1.87. The molecule has 0 spiro atoms. The summed E-state index contributed by atoms with van der Waals surface area (Å²) in [5.74, 6) is 0.949. The predicted molar refractivity (Wildman–Crippen MR) is 60.6 cm³/mol. The SMILES string of the molecule is Fc1ccc(C2CN=C3SCCN32)cc1. The van der Waals surface area contributed by atoms with E-state index in [1.807, 2.05) is 23.9 Å². The first-order valence-electron chi connectivity index (χ1n) is 5.04. The molecular formula is C11H11FN2S. The van der Waals surface area contributed by atoms with E-state index < -0.39 is 0 Å². The molecule has 4 heteroatoms. The third kappa shape index (κ3) is 1.53. The Bertz CT molecular complexity index is 402. The van der Waals surface area contributed by atoms with E-state index in [9.17, 15) is 4.39 Å². The lowest BCUT2D eigenvalue weighted by Gasteiger charge is -2.22. The molecule has 1 atom stereocenters. The number of hydrogen-bond donors (Lipinski definition) is 0. The van der Waals surface area contributed by atoms with Gasteiger partial charge in [0, 0.05) is 12.3 Å². The zero-order valence-electron chi connectivity index (χ0n) is 8.19. The average Bonchev–Trinajstić information content (AvgIpc) is 2.80. The van der Waals surface area contributed by atoms with Gasteiger partial charge in [0.25, 0.3) is 0 Å². The molecule has 1 saturated heterocycles. The molecule has 2 heterocycles. The van der Waals surface area contributed by atoms with Gasteiger partial charge in [-0.15, -0.1) is 0 Å². The Hall–Kier alpha value is -1.03. The fraction of sp³-hybridized carbons (Fsp3) is 0.364. The summed E-state index contributed by atoms with van der Waals surface area (Å²) >= 11 is 1.82. The molecule has 3 rings (SSSR count). The molecule has 1 aromatic carbocycles. The first-order chi connectivity index (χ1) is 7.34. The number of hydrogen-bond acceptors (Lipinski definition) is 3. The fourth-order valence-electron chi connectivity index (χ4n) is 2.07. The molecule has 1 unspecified atom stereocenters. The highest BCUT2D eigenvalue weighted by atomic mass is 32.2. The summed E-state index contributed by atoms with van der Waals surface area (Å²) in [6.45, 7) is 1.87. The third-order valence-corrected chi connectivity index (χ3v) is 3.85. The van der Waals surface area contributed by atoms with Crippen molar-refractivity contribution < 1.29 is 4.39 Å². The maximum Gasteiger partial charge on any atom is 0.159 e. The second kappa shape index (κ2) is 3.52. The number of amidine groups is 1. The van der Waals surface area contributed by atoms with Crippen LogP contribution >= 0.6 is 11.8 Å². The highest BCUT2D eigenvalue weighted by molar-refractivity contribution is 8.14. The predicted octanol–water partition coefficient (Wildman–Crippen LogP) is 2.29. The molecule has 2 aliphatic heterocycles. The molecule has 15 heavy (non-hydrogen) atoms. The molecule has 78 valence electrons. The fourth-order valence-corrected chi connectivity index (χ4v) is 3.09. The Morgan fingerprint density at radius 1 is 1.33 bits per heavy atom. The van der Waals surface area contributed by atoms with Crippen molar-refractivity contribution in [3.05, 3.63) is 35.6 Å². The molecule has 0 bridgehead atoms. The van der Waals surface area contributed by atoms with Crippen LogP contribution in [0.15, 0.2) is 29.3 Å². The van der Waals surface area contributed by atoms with Gasteiger partial charge in [-0.25, -0.2) is 4.39 Å². The van der Waals surface area contributed by atoms with Crippen molar-refractivity contribution >= 4 is 16.9 Å². The van der Waals surface area contributed by atoms with Crippen LogP contribution in [-0.4, -0.2) is 28.9 Å². The molecule has 0 radical (unpaired) electrons. The zero-order chi connectivity index (χ0) is 10.3. The Morgan fingerprint density at radius 2 is 2.13 bits per heavy atom. The van der Waals surface area contributed by atoms with Crippen LogP contribution in [0.5, 0.6) is 0 Å². The summed E-state index contributed by atoms with van der Waals surface area (Å²) in [5.41, 5.74) is 1.16. The van der Waals surface area contributed by atoms with E-state index in [1.54, 1.807) is 0 Å². The molecule has 0 N–H and O–H groups in total. The lowest BCUT2D eigenvalue weighted by atomic mass is 10.1. The Labute approximate surface area is 92.2 Å². The van der Waals surface area contributed by atoms with Gasteiger partial charge in [0.15, 0.2) is 5.17 Å². The average molecular weight is 222 g/mol. The largest absolute Gasteiger partial charge is 0.342 e. The monoisotopic (exact) mass is 222 g/mol. The van der Waals surface area contributed by atoms with Crippen LogP contribution < -0.4 is 0 Å². The van der Waals surface area contributed by atoms with E-state index in [0.717, 1.165) is 29.6 Å². The van der Waals surface area contributed by atoms with Gasteiger partial charge in [0.2, 0.25) is 0 Å². The zero-order valence-corrected chi connectivity index (χ0v) is 9.01. The standard InChI is InChI=1S/C11H11FN2S/c12-9-3-1-8(2-4-9)10-7-13-11-14(10)5-6-15-11/h1-4,10H,5-7H2. The van der Waals surface area contributed by atoms with Crippen molar-refractivity contribution in [2.45, 2.75) is 6.04 Å². The normalized spacial score (nSPS) is 24.2. The molecular weight excluding hydrogens is 211 g/mol. The van der Waals surface area contributed by atoms with E-state index >= 15 is 0 Å². The van der Waals surface area contributed by atoms with E-state index in [0.29, 0.717) is 6.04 Å².